The first-order valence-corrected chi connectivity index (χ1v) is 7.30. The van der Waals surface area contributed by atoms with Crippen LogP contribution in [0.2, 0.25) is 0 Å². The average Bonchev–Trinajstić information content (AvgIpc) is 2.41. The fourth-order valence-electron chi connectivity index (χ4n) is 1.63. The predicted molar refractivity (Wildman–Crippen MR) is 74.8 cm³/mol. The summed E-state index contributed by atoms with van der Waals surface area (Å²) in [6, 6.07) is 6.37. The van der Waals surface area contributed by atoms with Crippen LogP contribution in [0.25, 0.3) is 0 Å². The monoisotopic (exact) mass is 308 g/mol. The molecule has 0 saturated heterocycles. The molecule has 21 heavy (non-hydrogen) atoms. The highest BCUT2D eigenvalue weighted by Crippen LogP contribution is 2.23. The number of nitrogens with zero attached hydrogens (tertiary/aromatic N) is 1. The lowest BCUT2D eigenvalue weighted by atomic mass is 10.2. The summed E-state index contributed by atoms with van der Waals surface area (Å²) in [7, 11) is -4.00. The summed E-state index contributed by atoms with van der Waals surface area (Å²) in [4.78, 5) is 14.6. The molecule has 0 spiro atoms. The Morgan fingerprint density at radius 2 is 2.00 bits per heavy atom. The quantitative estimate of drug-likeness (QED) is 0.789. The molecule has 1 heterocycles. The Balaban J connectivity index is 2.43. The zero-order chi connectivity index (χ0) is 15.6. The fourth-order valence-corrected chi connectivity index (χ4v) is 2.74. The van der Waals surface area contributed by atoms with Crippen LogP contribution in [0.15, 0.2) is 41.4 Å². The van der Waals surface area contributed by atoms with Crippen LogP contribution in [0, 0.1) is 6.92 Å². The van der Waals surface area contributed by atoms with Gasteiger partial charge in [0.05, 0.1) is 4.90 Å². The lowest BCUT2D eigenvalue weighted by molar-refractivity contribution is 0.0693. The number of aromatic hydroxyl groups is 1. The minimum absolute atomic E-state index is 0.155. The van der Waals surface area contributed by atoms with Gasteiger partial charge < -0.3 is 10.2 Å². The summed E-state index contributed by atoms with van der Waals surface area (Å²) in [6.07, 6.45) is 1.43. The van der Waals surface area contributed by atoms with E-state index in [1.54, 1.807) is 19.1 Å². The highest BCUT2D eigenvalue weighted by Gasteiger charge is 2.19. The number of phenols is 1. The molecule has 0 bridgehead atoms. The van der Waals surface area contributed by atoms with E-state index < -0.39 is 27.3 Å². The molecule has 0 aliphatic carbocycles. The lowest BCUT2D eigenvalue weighted by Crippen LogP contribution is -2.15. The van der Waals surface area contributed by atoms with Crippen molar-refractivity contribution < 1.29 is 23.4 Å². The van der Waals surface area contributed by atoms with E-state index in [1.807, 2.05) is 0 Å². The molecule has 3 N–H and O–H groups in total. The Kier molecular flexibility index (Phi) is 3.81. The van der Waals surface area contributed by atoms with E-state index >= 15 is 0 Å². The largest absolute Gasteiger partial charge is 0.507 e. The van der Waals surface area contributed by atoms with Crippen LogP contribution in [-0.2, 0) is 10.0 Å². The summed E-state index contributed by atoms with van der Waals surface area (Å²) in [5.41, 5.74) is 0.133. The number of carboxylic acids is 1. The molecular weight excluding hydrogens is 296 g/mol. The Hall–Kier alpha value is -2.61. The van der Waals surface area contributed by atoms with Gasteiger partial charge in [0.25, 0.3) is 10.0 Å². The maximum Gasteiger partial charge on any atom is 0.339 e. The van der Waals surface area contributed by atoms with Crippen molar-refractivity contribution in [2.75, 3.05) is 4.72 Å². The molecular formula is C13H12N2O5S. The van der Waals surface area contributed by atoms with Gasteiger partial charge in [-0.05, 0) is 36.8 Å². The zero-order valence-corrected chi connectivity index (χ0v) is 11.8. The van der Waals surface area contributed by atoms with E-state index in [4.69, 9.17) is 5.11 Å². The number of benzene rings is 1. The van der Waals surface area contributed by atoms with Crippen molar-refractivity contribution in [1.82, 2.24) is 4.98 Å². The van der Waals surface area contributed by atoms with Gasteiger partial charge >= 0.3 is 5.97 Å². The molecule has 2 rings (SSSR count). The van der Waals surface area contributed by atoms with Crippen LogP contribution in [0.3, 0.4) is 0 Å². The van der Waals surface area contributed by atoms with Crippen LogP contribution in [0.1, 0.15) is 15.9 Å². The van der Waals surface area contributed by atoms with Crippen LogP contribution in [0.5, 0.6) is 5.75 Å². The number of carbonyl (C=O) groups is 1. The van der Waals surface area contributed by atoms with E-state index in [2.05, 4.69) is 9.71 Å². The van der Waals surface area contributed by atoms with Crippen molar-refractivity contribution in [2.45, 2.75) is 11.8 Å². The second kappa shape index (κ2) is 5.41. The molecule has 1 aromatic heterocycles. The third-order valence-electron chi connectivity index (χ3n) is 2.75. The van der Waals surface area contributed by atoms with Gasteiger partial charge in [-0.1, -0.05) is 6.07 Å². The molecule has 0 aliphatic rings. The Labute approximate surface area is 120 Å². The maximum absolute atomic E-state index is 12.2. The third-order valence-corrected chi connectivity index (χ3v) is 4.09. The third kappa shape index (κ3) is 3.11. The van der Waals surface area contributed by atoms with E-state index in [0.717, 1.165) is 18.2 Å². The van der Waals surface area contributed by atoms with Crippen LogP contribution < -0.4 is 4.72 Å². The molecule has 0 saturated carbocycles. The Bertz CT molecular complexity index is 802. The Morgan fingerprint density at radius 1 is 1.29 bits per heavy atom. The highest BCUT2D eigenvalue weighted by atomic mass is 32.2. The molecule has 7 nitrogen and oxygen atoms in total. The van der Waals surface area contributed by atoms with E-state index in [-0.39, 0.29) is 10.7 Å². The highest BCUT2D eigenvalue weighted by molar-refractivity contribution is 7.92. The number of sulfonamides is 1. The number of rotatable bonds is 4. The molecule has 110 valence electrons. The van der Waals surface area contributed by atoms with Crippen LogP contribution >= 0.6 is 0 Å². The van der Waals surface area contributed by atoms with Gasteiger partial charge in [0.2, 0.25) is 0 Å². The minimum atomic E-state index is -4.00. The first kappa shape index (κ1) is 14.8. The molecule has 0 fully saturated rings. The van der Waals surface area contributed by atoms with E-state index in [1.165, 1.54) is 6.20 Å². The molecule has 0 atom stereocenters. The smallest absolute Gasteiger partial charge is 0.339 e. The molecule has 1 aromatic carbocycles. The predicted octanol–water partition coefficient (Wildman–Crippen LogP) is 1.59. The van der Waals surface area contributed by atoms with E-state index in [0.29, 0.717) is 5.56 Å². The number of hydrogen-bond acceptors (Lipinski definition) is 5. The van der Waals surface area contributed by atoms with Crippen molar-refractivity contribution in [1.29, 1.82) is 0 Å². The first-order valence-electron chi connectivity index (χ1n) is 5.82. The summed E-state index contributed by atoms with van der Waals surface area (Å²) < 4.78 is 26.7. The molecule has 0 radical (unpaired) electrons. The number of anilines is 1. The number of carboxylic acid groups (broad SMARTS) is 1. The van der Waals surface area contributed by atoms with Crippen molar-refractivity contribution in [3.63, 3.8) is 0 Å². The van der Waals surface area contributed by atoms with Crippen molar-refractivity contribution in [2.24, 2.45) is 0 Å². The van der Waals surface area contributed by atoms with Gasteiger partial charge in [0.15, 0.2) is 0 Å². The normalized spacial score (nSPS) is 11.1. The first-order chi connectivity index (χ1) is 9.81. The second-order valence-corrected chi connectivity index (χ2v) is 5.94. The molecule has 8 heteroatoms. The van der Waals surface area contributed by atoms with Crippen molar-refractivity contribution in [3.05, 3.63) is 47.7 Å². The van der Waals surface area contributed by atoms with Gasteiger partial charge in [-0.25, -0.2) is 18.2 Å². The lowest BCUT2D eigenvalue weighted by Gasteiger charge is -2.10. The summed E-state index contributed by atoms with van der Waals surface area (Å²) >= 11 is 0. The zero-order valence-electron chi connectivity index (χ0n) is 10.9. The van der Waals surface area contributed by atoms with Gasteiger partial charge in [-0.15, -0.1) is 0 Å². The van der Waals surface area contributed by atoms with Crippen molar-refractivity contribution >= 4 is 21.8 Å². The topological polar surface area (TPSA) is 117 Å². The number of aryl methyl sites for hydroxylation is 1. The van der Waals surface area contributed by atoms with Crippen LogP contribution in [-0.4, -0.2) is 29.6 Å². The summed E-state index contributed by atoms with van der Waals surface area (Å²) in [5, 5.41) is 18.3. The summed E-state index contributed by atoms with van der Waals surface area (Å²) in [5.74, 6) is -1.77. The van der Waals surface area contributed by atoms with Gasteiger partial charge in [0, 0.05) is 6.20 Å². The summed E-state index contributed by atoms with van der Waals surface area (Å²) in [6.45, 7) is 1.68. The molecule has 0 amide bonds. The number of hydrogen-bond donors (Lipinski definition) is 3. The minimum Gasteiger partial charge on any atom is -0.507 e. The van der Waals surface area contributed by atoms with Crippen LogP contribution in [0.4, 0.5) is 5.82 Å². The van der Waals surface area contributed by atoms with Crippen molar-refractivity contribution in [3.8, 4) is 5.75 Å². The van der Waals surface area contributed by atoms with Gasteiger partial charge in [-0.2, -0.15) is 0 Å². The SMILES string of the molecule is Cc1cccnc1NS(=O)(=O)c1ccc(O)c(C(=O)O)c1. The van der Waals surface area contributed by atoms with Gasteiger partial charge in [0.1, 0.15) is 17.1 Å². The number of aromatic carboxylic acids is 1. The molecule has 0 unspecified atom stereocenters. The number of nitrogens with one attached hydrogen (secondary N) is 1. The average molecular weight is 308 g/mol. The molecule has 2 aromatic rings. The molecule has 0 aliphatic heterocycles. The number of aromatic nitrogens is 1. The Morgan fingerprint density at radius 3 is 2.62 bits per heavy atom. The number of pyridine rings is 1. The standard InChI is InChI=1S/C13H12N2O5S/c1-8-3-2-6-14-12(8)15-21(19,20)9-4-5-11(16)10(7-9)13(17)18/h2-7,16H,1H3,(H,14,15)(H,17,18). The van der Waals surface area contributed by atoms with Gasteiger partial charge in [-0.3, -0.25) is 4.72 Å². The van der Waals surface area contributed by atoms with E-state index in [9.17, 15) is 18.3 Å². The second-order valence-electron chi connectivity index (χ2n) is 4.26. The fraction of sp³-hybridized carbons (Fsp3) is 0.0769. The maximum atomic E-state index is 12.2.